The van der Waals surface area contributed by atoms with Crippen molar-refractivity contribution in [3.8, 4) is 0 Å². The Balaban J connectivity index is 2.53. The van der Waals surface area contributed by atoms with Crippen molar-refractivity contribution in [1.29, 1.82) is 0 Å². The molecule has 0 unspecified atom stereocenters. The first-order valence-electron chi connectivity index (χ1n) is 6.03. The van der Waals surface area contributed by atoms with Gasteiger partial charge < -0.3 is 9.47 Å². The lowest BCUT2D eigenvalue weighted by atomic mass is 10.2. The van der Waals surface area contributed by atoms with E-state index in [2.05, 4.69) is 4.74 Å². The Morgan fingerprint density at radius 3 is 2.42 bits per heavy atom. The topological polar surface area (TPSA) is 52.6 Å². The molecule has 0 amide bonds. The molecule has 104 valence electrons. The Kier molecular flexibility index (Phi) is 7.03. The maximum atomic E-state index is 11.7. The average Bonchev–Trinajstić information content (AvgIpc) is 2.46. The van der Waals surface area contributed by atoms with Gasteiger partial charge in [0.2, 0.25) is 0 Å². The van der Waals surface area contributed by atoms with Gasteiger partial charge in [-0.1, -0.05) is 18.2 Å². The van der Waals surface area contributed by atoms with E-state index in [1.165, 1.54) is 26.0 Å². The third-order valence-electron chi connectivity index (χ3n) is 2.56. The highest BCUT2D eigenvalue weighted by atomic mass is 32.2. The zero-order chi connectivity index (χ0) is 14.1. The van der Waals surface area contributed by atoms with Crippen LogP contribution in [0.3, 0.4) is 0 Å². The zero-order valence-electron chi connectivity index (χ0n) is 11.1. The fourth-order valence-electron chi connectivity index (χ4n) is 1.55. The number of hydrogen-bond donors (Lipinski definition) is 0. The van der Waals surface area contributed by atoms with Crippen LogP contribution in [0, 0.1) is 0 Å². The van der Waals surface area contributed by atoms with E-state index >= 15 is 0 Å². The minimum atomic E-state index is -0.294. The van der Waals surface area contributed by atoms with Crippen LogP contribution in [0.1, 0.15) is 19.3 Å². The van der Waals surface area contributed by atoms with Gasteiger partial charge in [-0.3, -0.25) is 9.59 Å². The van der Waals surface area contributed by atoms with Crippen LogP contribution in [0.5, 0.6) is 0 Å². The molecule has 1 aromatic carbocycles. The maximum absolute atomic E-state index is 11.7. The molecular weight excluding hydrogens is 264 g/mol. The fraction of sp³-hybridized carbons (Fsp3) is 0.429. The Bertz CT molecular complexity index is 405. The summed E-state index contributed by atoms with van der Waals surface area (Å²) in [5.74, 6) is -0.521. The molecule has 19 heavy (non-hydrogen) atoms. The number of carbonyl (C=O) groups excluding carboxylic acids is 2. The predicted octanol–water partition coefficient (Wildman–Crippen LogP) is 2.66. The summed E-state index contributed by atoms with van der Waals surface area (Å²) in [6.45, 7) is 0. The molecule has 1 rings (SSSR count). The average molecular weight is 282 g/mol. The summed E-state index contributed by atoms with van der Waals surface area (Å²) in [6.07, 6.45) is 1.51. The van der Waals surface area contributed by atoms with Gasteiger partial charge in [0.15, 0.2) is 0 Å². The summed E-state index contributed by atoms with van der Waals surface area (Å²) < 4.78 is 9.37. The third-order valence-corrected chi connectivity index (χ3v) is 3.82. The van der Waals surface area contributed by atoms with Gasteiger partial charge in [-0.15, -0.1) is 11.8 Å². The molecule has 0 fully saturated rings. The second-order valence-electron chi connectivity index (χ2n) is 3.91. The maximum Gasteiger partial charge on any atom is 0.319 e. The minimum Gasteiger partial charge on any atom is -0.469 e. The van der Waals surface area contributed by atoms with Crippen LogP contribution >= 0.6 is 11.8 Å². The molecule has 0 heterocycles. The van der Waals surface area contributed by atoms with Crippen LogP contribution in [0.25, 0.3) is 0 Å². The molecule has 1 atom stereocenters. The number of esters is 2. The summed E-state index contributed by atoms with van der Waals surface area (Å²) in [7, 11) is 2.74. The number of methoxy groups -OCH3 is 2. The molecule has 1 aromatic rings. The van der Waals surface area contributed by atoms with Crippen molar-refractivity contribution in [2.75, 3.05) is 14.2 Å². The number of hydrogen-bond acceptors (Lipinski definition) is 5. The molecule has 0 aliphatic heterocycles. The molecule has 5 heteroatoms. The molecule has 0 aliphatic rings. The minimum absolute atomic E-state index is 0.256. The van der Waals surface area contributed by atoms with Crippen molar-refractivity contribution >= 4 is 23.7 Å². The van der Waals surface area contributed by atoms with Gasteiger partial charge in [0, 0.05) is 11.3 Å². The van der Waals surface area contributed by atoms with Crippen molar-refractivity contribution < 1.29 is 19.1 Å². The molecule has 0 aliphatic carbocycles. The molecule has 0 spiro atoms. The van der Waals surface area contributed by atoms with Crippen molar-refractivity contribution in [2.24, 2.45) is 0 Å². The quantitative estimate of drug-likeness (QED) is 0.568. The Labute approximate surface area is 117 Å². The van der Waals surface area contributed by atoms with E-state index in [4.69, 9.17) is 4.74 Å². The summed E-state index contributed by atoms with van der Waals surface area (Å²) in [5.41, 5.74) is 0. The first kappa shape index (κ1) is 15.6. The van der Waals surface area contributed by atoms with Gasteiger partial charge >= 0.3 is 11.9 Å². The van der Waals surface area contributed by atoms with Gasteiger partial charge in [-0.2, -0.15) is 0 Å². The lowest BCUT2D eigenvalue weighted by molar-refractivity contribution is -0.142. The first-order chi connectivity index (χ1) is 9.17. The molecule has 0 saturated heterocycles. The monoisotopic (exact) mass is 282 g/mol. The van der Waals surface area contributed by atoms with Gasteiger partial charge in [0.05, 0.1) is 14.2 Å². The molecule has 0 N–H and O–H groups in total. The highest BCUT2D eigenvalue weighted by Crippen LogP contribution is 2.27. The van der Waals surface area contributed by atoms with Gasteiger partial charge in [0.1, 0.15) is 5.25 Å². The highest BCUT2D eigenvalue weighted by Gasteiger charge is 2.20. The lowest BCUT2D eigenvalue weighted by Gasteiger charge is -2.13. The van der Waals surface area contributed by atoms with Gasteiger partial charge in [-0.25, -0.2) is 0 Å². The van der Waals surface area contributed by atoms with E-state index in [-0.39, 0.29) is 17.2 Å². The molecular formula is C14H18O4S. The second kappa shape index (κ2) is 8.58. The van der Waals surface area contributed by atoms with E-state index in [0.717, 1.165) is 4.90 Å². The summed E-state index contributed by atoms with van der Waals surface area (Å²) >= 11 is 1.45. The number of carbonyl (C=O) groups is 2. The van der Waals surface area contributed by atoms with Crippen LogP contribution in [0.15, 0.2) is 35.2 Å². The standard InChI is InChI=1S/C14H18O4S/c1-17-13(15)10-6-9-12(14(16)18-2)19-11-7-4-3-5-8-11/h3-5,7-8,12H,6,9-10H2,1-2H3/t12-/m1/s1. The zero-order valence-corrected chi connectivity index (χ0v) is 11.9. The molecule has 0 radical (unpaired) electrons. The van der Waals surface area contributed by atoms with E-state index in [9.17, 15) is 9.59 Å². The largest absolute Gasteiger partial charge is 0.469 e. The number of thioether (sulfide) groups is 1. The first-order valence-corrected chi connectivity index (χ1v) is 6.91. The van der Waals surface area contributed by atoms with Gasteiger partial charge in [-0.05, 0) is 25.0 Å². The van der Waals surface area contributed by atoms with Crippen molar-refractivity contribution in [3.05, 3.63) is 30.3 Å². The Hall–Kier alpha value is -1.49. The summed E-state index contributed by atoms with van der Waals surface area (Å²) in [5, 5.41) is -0.294. The van der Waals surface area contributed by atoms with E-state index in [1.54, 1.807) is 0 Å². The van der Waals surface area contributed by atoms with E-state index < -0.39 is 0 Å². The number of benzene rings is 1. The normalized spacial score (nSPS) is 11.7. The van der Waals surface area contributed by atoms with Crippen LogP contribution < -0.4 is 0 Å². The smallest absolute Gasteiger partial charge is 0.319 e. The van der Waals surface area contributed by atoms with Crippen LogP contribution in [0.2, 0.25) is 0 Å². The molecule has 4 nitrogen and oxygen atoms in total. The van der Waals surface area contributed by atoms with Crippen LogP contribution in [-0.2, 0) is 19.1 Å². The van der Waals surface area contributed by atoms with Crippen molar-refractivity contribution in [3.63, 3.8) is 0 Å². The molecule has 0 aromatic heterocycles. The second-order valence-corrected chi connectivity index (χ2v) is 5.19. The van der Waals surface area contributed by atoms with Crippen molar-refractivity contribution in [2.45, 2.75) is 29.4 Å². The van der Waals surface area contributed by atoms with Crippen molar-refractivity contribution in [1.82, 2.24) is 0 Å². The van der Waals surface area contributed by atoms with Crippen LogP contribution in [0.4, 0.5) is 0 Å². The molecule has 0 saturated carbocycles. The summed E-state index contributed by atoms with van der Waals surface area (Å²) in [6, 6.07) is 9.66. The number of ether oxygens (including phenoxy) is 2. The SMILES string of the molecule is COC(=O)CCC[C@@H](Sc1ccccc1)C(=O)OC. The molecule has 0 bridgehead atoms. The highest BCUT2D eigenvalue weighted by molar-refractivity contribution is 8.00. The van der Waals surface area contributed by atoms with E-state index in [1.807, 2.05) is 30.3 Å². The Morgan fingerprint density at radius 2 is 1.84 bits per heavy atom. The van der Waals surface area contributed by atoms with Gasteiger partial charge in [0.25, 0.3) is 0 Å². The van der Waals surface area contributed by atoms with E-state index in [0.29, 0.717) is 19.3 Å². The lowest BCUT2D eigenvalue weighted by Crippen LogP contribution is -2.19. The number of rotatable bonds is 7. The summed E-state index contributed by atoms with van der Waals surface area (Å²) in [4.78, 5) is 23.8. The fourth-order valence-corrected chi connectivity index (χ4v) is 2.67. The van der Waals surface area contributed by atoms with Crippen LogP contribution in [-0.4, -0.2) is 31.4 Å². The predicted molar refractivity (Wildman–Crippen MR) is 74.0 cm³/mol. The third kappa shape index (κ3) is 5.79. The Morgan fingerprint density at radius 1 is 1.16 bits per heavy atom.